The minimum atomic E-state index is 0. The van der Waals surface area contributed by atoms with E-state index in [1.54, 1.807) is 12.1 Å². The van der Waals surface area contributed by atoms with Crippen LogP contribution in [-0.2, 0) is 0 Å². The van der Waals surface area contributed by atoms with Gasteiger partial charge in [0.2, 0.25) is 0 Å². The molecule has 3 rings (SSSR count). The maximum Gasteiger partial charge on any atom is 0.254 e. The standard InChI is InChI=1S/C14H18N2O3.ClH/c1-16(11-4-5-15-9-11)14(17)10-2-3-12-13(8-10)19-7-6-18-12;/h2-3,8,11,15H,4-7,9H2,1H3;1H. The van der Waals surface area contributed by atoms with Crippen LogP contribution in [0.25, 0.3) is 0 Å². The number of halogens is 1. The van der Waals surface area contributed by atoms with E-state index in [1.165, 1.54) is 0 Å². The van der Waals surface area contributed by atoms with Crippen molar-refractivity contribution in [1.82, 2.24) is 10.2 Å². The molecule has 1 saturated heterocycles. The number of carbonyl (C=O) groups excluding carboxylic acids is 1. The lowest BCUT2D eigenvalue weighted by molar-refractivity contribution is 0.0742. The molecule has 1 unspecified atom stereocenters. The molecule has 20 heavy (non-hydrogen) atoms. The fraction of sp³-hybridized carbons (Fsp3) is 0.500. The van der Waals surface area contributed by atoms with E-state index in [0.717, 1.165) is 19.5 Å². The molecule has 1 atom stereocenters. The zero-order chi connectivity index (χ0) is 13.2. The number of fused-ring (bicyclic) bond motifs is 1. The Morgan fingerprint density at radius 1 is 1.30 bits per heavy atom. The molecule has 2 heterocycles. The first-order valence-electron chi connectivity index (χ1n) is 6.63. The van der Waals surface area contributed by atoms with Gasteiger partial charge in [-0.2, -0.15) is 0 Å². The summed E-state index contributed by atoms with van der Waals surface area (Å²) in [7, 11) is 1.86. The van der Waals surface area contributed by atoms with Crippen LogP contribution in [0.15, 0.2) is 18.2 Å². The summed E-state index contributed by atoms with van der Waals surface area (Å²) in [6, 6.07) is 5.66. The van der Waals surface area contributed by atoms with E-state index in [-0.39, 0.29) is 24.4 Å². The number of hydrogen-bond acceptors (Lipinski definition) is 4. The predicted molar refractivity (Wildman–Crippen MR) is 78.0 cm³/mol. The van der Waals surface area contributed by atoms with E-state index in [0.29, 0.717) is 30.3 Å². The van der Waals surface area contributed by atoms with Crippen molar-refractivity contribution in [2.24, 2.45) is 0 Å². The summed E-state index contributed by atoms with van der Waals surface area (Å²) in [5.41, 5.74) is 0.652. The normalized spacial score (nSPS) is 20.1. The molecular formula is C14H19ClN2O3. The first-order chi connectivity index (χ1) is 9.25. The average molecular weight is 299 g/mol. The molecule has 0 aliphatic carbocycles. The summed E-state index contributed by atoms with van der Waals surface area (Å²) >= 11 is 0. The van der Waals surface area contributed by atoms with E-state index < -0.39 is 0 Å². The van der Waals surface area contributed by atoms with Crippen LogP contribution in [0.1, 0.15) is 16.8 Å². The highest BCUT2D eigenvalue weighted by atomic mass is 35.5. The second kappa shape index (κ2) is 6.33. The summed E-state index contributed by atoms with van der Waals surface area (Å²) < 4.78 is 11.0. The third-order valence-electron chi connectivity index (χ3n) is 3.69. The van der Waals surface area contributed by atoms with Gasteiger partial charge in [-0.15, -0.1) is 12.4 Å². The van der Waals surface area contributed by atoms with E-state index in [9.17, 15) is 4.79 Å². The van der Waals surface area contributed by atoms with Crippen LogP contribution in [0.2, 0.25) is 0 Å². The molecule has 2 aliphatic rings. The number of amides is 1. The molecule has 0 spiro atoms. The number of nitrogens with zero attached hydrogens (tertiary/aromatic N) is 1. The van der Waals surface area contributed by atoms with Gasteiger partial charge in [0.1, 0.15) is 13.2 Å². The summed E-state index contributed by atoms with van der Waals surface area (Å²) in [6.45, 7) is 2.94. The smallest absolute Gasteiger partial charge is 0.254 e. The van der Waals surface area contributed by atoms with Crippen LogP contribution in [0, 0.1) is 0 Å². The Labute approximate surface area is 124 Å². The number of nitrogens with one attached hydrogen (secondary N) is 1. The van der Waals surface area contributed by atoms with Crippen molar-refractivity contribution in [2.75, 3.05) is 33.4 Å². The van der Waals surface area contributed by atoms with Crippen molar-refractivity contribution < 1.29 is 14.3 Å². The Morgan fingerprint density at radius 3 is 2.75 bits per heavy atom. The summed E-state index contributed by atoms with van der Waals surface area (Å²) in [5, 5.41) is 3.27. The van der Waals surface area contributed by atoms with Gasteiger partial charge < -0.3 is 19.7 Å². The number of rotatable bonds is 2. The molecule has 6 heteroatoms. The first kappa shape index (κ1) is 14.9. The fourth-order valence-electron chi connectivity index (χ4n) is 2.52. The monoisotopic (exact) mass is 298 g/mol. The van der Waals surface area contributed by atoms with E-state index in [1.807, 2.05) is 18.0 Å². The topological polar surface area (TPSA) is 50.8 Å². The Kier molecular flexibility index (Phi) is 4.73. The average Bonchev–Trinajstić information content (AvgIpc) is 2.99. The van der Waals surface area contributed by atoms with Crippen LogP contribution in [0.3, 0.4) is 0 Å². The molecule has 0 bridgehead atoms. The molecule has 2 aliphatic heterocycles. The van der Waals surface area contributed by atoms with Gasteiger partial charge in [-0.25, -0.2) is 0 Å². The number of benzene rings is 1. The number of hydrogen-bond donors (Lipinski definition) is 1. The van der Waals surface area contributed by atoms with E-state index >= 15 is 0 Å². The van der Waals surface area contributed by atoms with Gasteiger partial charge in [0.05, 0.1) is 0 Å². The van der Waals surface area contributed by atoms with Crippen LogP contribution in [0.4, 0.5) is 0 Å². The first-order valence-corrected chi connectivity index (χ1v) is 6.63. The highest BCUT2D eigenvalue weighted by molar-refractivity contribution is 5.95. The van der Waals surface area contributed by atoms with Crippen molar-refractivity contribution in [3.8, 4) is 11.5 Å². The highest BCUT2D eigenvalue weighted by Crippen LogP contribution is 2.31. The van der Waals surface area contributed by atoms with E-state index in [4.69, 9.17) is 9.47 Å². The third kappa shape index (κ3) is 2.83. The number of likely N-dealkylation sites (N-methyl/N-ethyl adjacent to an activating group) is 1. The second-order valence-corrected chi connectivity index (χ2v) is 4.92. The van der Waals surface area contributed by atoms with Crippen molar-refractivity contribution in [3.63, 3.8) is 0 Å². The molecule has 1 aromatic rings. The zero-order valence-corrected chi connectivity index (χ0v) is 12.2. The molecule has 0 radical (unpaired) electrons. The predicted octanol–water partition coefficient (Wildman–Crippen LogP) is 1.31. The Balaban J connectivity index is 0.00000147. The van der Waals surface area contributed by atoms with Gasteiger partial charge in [0, 0.05) is 25.2 Å². The van der Waals surface area contributed by atoms with E-state index in [2.05, 4.69) is 5.32 Å². The molecule has 110 valence electrons. The van der Waals surface area contributed by atoms with Gasteiger partial charge in [0.15, 0.2) is 11.5 Å². The summed E-state index contributed by atoms with van der Waals surface area (Å²) in [5.74, 6) is 1.41. The van der Waals surface area contributed by atoms with Crippen molar-refractivity contribution in [1.29, 1.82) is 0 Å². The van der Waals surface area contributed by atoms with Crippen LogP contribution >= 0.6 is 12.4 Å². The maximum absolute atomic E-state index is 12.4. The quantitative estimate of drug-likeness (QED) is 0.894. The lowest BCUT2D eigenvalue weighted by Gasteiger charge is -2.25. The van der Waals surface area contributed by atoms with Gasteiger partial charge in [-0.3, -0.25) is 4.79 Å². The summed E-state index contributed by atoms with van der Waals surface area (Å²) in [6.07, 6.45) is 1.01. The minimum absolute atomic E-state index is 0. The second-order valence-electron chi connectivity index (χ2n) is 4.92. The fourth-order valence-corrected chi connectivity index (χ4v) is 2.52. The lowest BCUT2D eigenvalue weighted by Crippen LogP contribution is -2.38. The maximum atomic E-state index is 12.4. The highest BCUT2D eigenvalue weighted by Gasteiger charge is 2.25. The Hall–Kier alpha value is -1.46. The van der Waals surface area contributed by atoms with Crippen LogP contribution < -0.4 is 14.8 Å². The van der Waals surface area contributed by atoms with Crippen molar-refractivity contribution in [3.05, 3.63) is 23.8 Å². The minimum Gasteiger partial charge on any atom is -0.486 e. The largest absolute Gasteiger partial charge is 0.486 e. The molecule has 5 nitrogen and oxygen atoms in total. The van der Waals surface area contributed by atoms with Crippen LogP contribution in [0.5, 0.6) is 11.5 Å². The Morgan fingerprint density at radius 2 is 2.05 bits per heavy atom. The molecule has 0 saturated carbocycles. The molecular weight excluding hydrogens is 280 g/mol. The number of carbonyl (C=O) groups is 1. The lowest BCUT2D eigenvalue weighted by atomic mass is 10.1. The molecule has 1 fully saturated rings. The van der Waals surface area contributed by atoms with Crippen molar-refractivity contribution in [2.45, 2.75) is 12.5 Å². The van der Waals surface area contributed by atoms with Gasteiger partial charge in [-0.1, -0.05) is 0 Å². The SMILES string of the molecule is CN(C(=O)c1ccc2c(c1)OCCO2)C1CCNC1.Cl. The van der Waals surface area contributed by atoms with Gasteiger partial charge >= 0.3 is 0 Å². The van der Waals surface area contributed by atoms with Gasteiger partial charge in [-0.05, 0) is 31.2 Å². The van der Waals surface area contributed by atoms with Crippen LogP contribution in [-0.4, -0.2) is 50.2 Å². The third-order valence-corrected chi connectivity index (χ3v) is 3.69. The Bertz CT molecular complexity index is 489. The molecule has 1 aromatic carbocycles. The molecule has 1 amide bonds. The van der Waals surface area contributed by atoms with Crippen molar-refractivity contribution >= 4 is 18.3 Å². The molecule has 1 N–H and O–H groups in total. The van der Waals surface area contributed by atoms with Gasteiger partial charge in [0.25, 0.3) is 5.91 Å². The zero-order valence-electron chi connectivity index (χ0n) is 11.4. The molecule has 0 aromatic heterocycles. The number of ether oxygens (including phenoxy) is 2. The summed E-state index contributed by atoms with van der Waals surface area (Å²) in [4.78, 5) is 14.2.